The molecule has 1 unspecified atom stereocenters. The molecule has 4 nitrogen and oxygen atoms in total. The summed E-state index contributed by atoms with van der Waals surface area (Å²) in [6, 6.07) is 4.58. The highest BCUT2D eigenvalue weighted by Gasteiger charge is 2.17. The van der Waals surface area contributed by atoms with E-state index >= 15 is 0 Å². The normalized spacial score (nSPS) is 12.6. The largest absolute Gasteiger partial charge is 0.419 e. The van der Waals surface area contributed by atoms with Gasteiger partial charge in [-0.3, -0.25) is 0 Å². The van der Waals surface area contributed by atoms with E-state index in [2.05, 4.69) is 15.5 Å². The van der Waals surface area contributed by atoms with Crippen LogP contribution in [-0.4, -0.2) is 16.7 Å². The van der Waals surface area contributed by atoms with E-state index in [1.165, 1.54) is 12.1 Å². The van der Waals surface area contributed by atoms with Crippen molar-refractivity contribution < 1.29 is 8.81 Å². The molecule has 1 N–H and O–H groups in total. The average Bonchev–Trinajstić information content (AvgIpc) is 2.88. The fourth-order valence-corrected chi connectivity index (χ4v) is 1.96. The smallest absolute Gasteiger partial charge is 0.248 e. The third-order valence-electron chi connectivity index (χ3n) is 3.03. The van der Waals surface area contributed by atoms with Crippen molar-refractivity contribution in [2.24, 2.45) is 0 Å². The number of rotatable bonds is 5. The fourth-order valence-electron chi connectivity index (χ4n) is 1.96. The predicted octanol–water partition coefficient (Wildman–Crippen LogP) is 3.24. The van der Waals surface area contributed by atoms with E-state index in [0.29, 0.717) is 17.3 Å². The second-order valence-electron chi connectivity index (χ2n) is 4.42. The van der Waals surface area contributed by atoms with Crippen LogP contribution in [0.2, 0.25) is 0 Å². The zero-order chi connectivity index (χ0) is 13.8. The van der Waals surface area contributed by atoms with Crippen molar-refractivity contribution in [2.45, 2.75) is 33.2 Å². The maximum absolute atomic E-state index is 13.3. The lowest BCUT2D eigenvalue weighted by molar-refractivity contribution is 0.402. The lowest BCUT2D eigenvalue weighted by Gasteiger charge is -2.10. The maximum Gasteiger partial charge on any atom is 0.248 e. The summed E-state index contributed by atoms with van der Waals surface area (Å²) in [6.07, 6.45) is 0.859. The monoisotopic (exact) mass is 263 g/mol. The van der Waals surface area contributed by atoms with Crippen molar-refractivity contribution in [1.82, 2.24) is 15.5 Å². The summed E-state index contributed by atoms with van der Waals surface area (Å²) in [5.74, 6) is 0.602. The minimum Gasteiger partial charge on any atom is -0.419 e. The Hall–Kier alpha value is -1.75. The van der Waals surface area contributed by atoms with Gasteiger partial charge in [-0.15, -0.1) is 10.2 Å². The Kier molecular flexibility index (Phi) is 4.27. The highest BCUT2D eigenvalue weighted by atomic mass is 19.1. The molecule has 0 saturated heterocycles. The summed E-state index contributed by atoms with van der Waals surface area (Å²) in [5, 5.41) is 11.3. The van der Waals surface area contributed by atoms with Crippen LogP contribution in [0.5, 0.6) is 0 Å². The third kappa shape index (κ3) is 2.98. The number of hydrogen-bond acceptors (Lipinski definition) is 4. The molecule has 0 amide bonds. The van der Waals surface area contributed by atoms with Crippen LogP contribution in [0.1, 0.15) is 37.8 Å². The molecule has 5 heteroatoms. The zero-order valence-corrected chi connectivity index (χ0v) is 11.4. The second kappa shape index (κ2) is 5.93. The lowest BCUT2D eigenvalue weighted by Crippen LogP contribution is -2.20. The van der Waals surface area contributed by atoms with E-state index in [0.717, 1.165) is 18.5 Å². The van der Waals surface area contributed by atoms with E-state index < -0.39 is 0 Å². The van der Waals surface area contributed by atoms with Gasteiger partial charge in [-0.05, 0) is 37.6 Å². The van der Waals surface area contributed by atoms with Crippen LogP contribution in [0.3, 0.4) is 0 Å². The maximum atomic E-state index is 13.3. The molecule has 2 aromatic rings. The van der Waals surface area contributed by atoms with Gasteiger partial charge in [0.15, 0.2) is 0 Å². The van der Waals surface area contributed by atoms with E-state index in [-0.39, 0.29) is 11.9 Å². The first kappa shape index (κ1) is 13.7. The Bertz CT molecular complexity index is 553. The molecule has 1 atom stereocenters. The molecule has 0 aliphatic rings. The van der Waals surface area contributed by atoms with Crippen LogP contribution in [0.25, 0.3) is 11.5 Å². The van der Waals surface area contributed by atoms with Crippen molar-refractivity contribution in [3.8, 4) is 11.5 Å². The Morgan fingerprint density at radius 1 is 1.32 bits per heavy atom. The Morgan fingerprint density at radius 3 is 2.79 bits per heavy atom. The van der Waals surface area contributed by atoms with Crippen molar-refractivity contribution in [3.63, 3.8) is 0 Å². The summed E-state index contributed by atoms with van der Waals surface area (Å²) in [4.78, 5) is 0. The molecule has 1 aromatic heterocycles. The standard InChI is InChI=1S/C14H18FN3O/c1-4-12(16-5-2)14-18-17-13(19-14)11-8-10(15)7-6-9(11)3/h6-8,12,16H,4-5H2,1-3H3. The molecule has 102 valence electrons. The first-order chi connectivity index (χ1) is 9.15. The van der Waals surface area contributed by atoms with Gasteiger partial charge in [-0.2, -0.15) is 0 Å². The Balaban J connectivity index is 2.32. The van der Waals surface area contributed by atoms with Gasteiger partial charge in [0.25, 0.3) is 0 Å². The minimum absolute atomic E-state index is 0.0418. The molecule has 0 saturated carbocycles. The summed E-state index contributed by atoms with van der Waals surface area (Å²) < 4.78 is 18.9. The summed E-state index contributed by atoms with van der Waals surface area (Å²) in [6.45, 7) is 6.79. The quantitative estimate of drug-likeness (QED) is 0.899. The summed E-state index contributed by atoms with van der Waals surface area (Å²) in [7, 11) is 0. The minimum atomic E-state index is -0.306. The van der Waals surface area contributed by atoms with Crippen LogP contribution in [0.15, 0.2) is 22.6 Å². The van der Waals surface area contributed by atoms with Gasteiger partial charge in [0.1, 0.15) is 5.82 Å². The number of hydrogen-bond donors (Lipinski definition) is 1. The first-order valence-electron chi connectivity index (χ1n) is 6.49. The number of aromatic nitrogens is 2. The third-order valence-corrected chi connectivity index (χ3v) is 3.03. The number of benzene rings is 1. The first-order valence-corrected chi connectivity index (χ1v) is 6.49. The second-order valence-corrected chi connectivity index (χ2v) is 4.42. The highest BCUT2D eigenvalue weighted by Crippen LogP contribution is 2.25. The summed E-state index contributed by atoms with van der Waals surface area (Å²) in [5.41, 5.74) is 1.55. The SMILES string of the molecule is CCNC(CC)c1nnc(-c2cc(F)ccc2C)o1. The topological polar surface area (TPSA) is 51.0 Å². The van der Waals surface area contributed by atoms with Gasteiger partial charge in [0, 0.05) is 5.56 Å². The van der Waals surface area contributed by atoms with Gasteiger partial charge < -0.3 is 9.73 Å². The molecule has 1 heterocycles. The molecular weight excluding hydrogens is 245 g/mol. The van der Waals surface area contributed by atoms with Crippen molar-refractivity contribution in [2.75, 3.05) is 6.54 Å². The molecular formula is C14H18FN3O. The van der Waals surface area contributed by atoms with E-state index in [4.69, 9.17) is 4.42 Å². The summed E-state index contributed by atoms with van der Waals surface area (Å²) >= 11 is 0. The number of aryl methyl sites for hydroxylation is 1. The molecule has 0 radical (unpaired) electrons. The molecule has 0 bridgehead atoms. The molecule has 1 aromatic carbocycles. The fraction of sp³-hybridized carbons (Fsp3) is 0.429. The van der Waals surface area contributed by atoms with Gasteiger partial charge in [-0.25, -0.2) is 4.39 Å². The Morgan fingerprint density at radius 2 is 2.11 bits per heavy atom. The molecule has 0 spiro atoms. The molecule has 0 aliphatic carbocycles. The van der Waals surface area contributed by atoms with Crippen LogP contribution in [0.4, 0.5) is 4.39 Å². The van der Waals surface area contributed by atoms with Crippen molar-refractivity contribution >= 4 is 0 Å². The predicted molar refractivity (Wildman–Crippen MR) is 71.1 cm³/mol. The molecule has 0 aliphatic heterocycles. The number of nitrogens with zero attached hydrogens (tertiary/aromatic N) is 2. The van der Waals surface area contributed by atoms with Gasteiger partial charge >= 0.3 is 0 Å². The van der Waals surface area contributed by atoms with Crippen LogP contribution >= 0.6 is 0 Å². The molecule has 0 fully saturated rings. The molecule has 2 rings (SSSR count). The van der Waals surface area contributed by atoms with Gasteiger partial charge in [0.05, 0.1) is 6.04 Å². The van der Waals surface area contributed by atoms with E-state index in [1.807, 2.05) is 20.8 Å². The van der Waals surface area contributed by atoms with Gasteiger partial charge in [-0.1, -0.05) is 19.9 Å². The van der Waals surface area contributed by atoms with Crippen molar-refractivity contribution in [3.05, 3.63) is 35.5 Å². The van der Waals surface area contributed by atoms with Crippen LogP contribution < -0.4 is 5.32 Å². The van der Waals surface area contributed by atoms with Crippen molar-refractivity contribution in [1.29, 1.82) is 0 Å². The van der Waals surface area contributed by atoms with Gasteiger partial charge in [0.2, 0.25) is 11.8 Å². The van der Waals surface area contributed by atoms with E-state index in [9.17, 15) is 4.39 Å². The number of nitrogens with one attached hydrogen (secondary N) is 1. The lowest BCUT2D eigenvalue weighted by atomic mass is 10.1. The zero-order valence-electron chi connectivity index (χ0n) is 11.4. The average molecular weight is 263 g/mol. The Labute approximate surface area is 112 Å². The highest BCUT2D eigenvalue weighted by molar-refractivity contribution is 5.57. The van der Waals surface area contributed by atoms with E-state index in [1.54, 1.807) is 6.07 Å². The molecule has 19 heavy (non-hydrogen) atoms. The number of halogens is 1. The van der Waals surface area contributed by atoms with Crippen LogP contribution in [0, 0.1) is 12.7 Å². The van der Waals surface area contributed by atoms with Crippen LogP contribution in [-0.2, 0) is 0 Å².